The number of ketones is 1. The number of ether oxygens (including phenoxy) is 2. The van der Waals surface area contributed by atoms with Crippen LogP contribution in [0.2, 0.25) is 0 Å². The fourth-order valence-electron chi connectivity index (χ4n) is 2.53. The summed E-state index contributed by atoms with van der Waals surface area (Å²) in [4.78, 5) is 12.2. The number of aromatic hydroxyl groups is 2. The summed E-state index contributed by atoms with van der Waals surface area (Å²) in [7, 11) is 1.55. The van der Waals surface area contributed by atoms with E-state index in [1.54, 1.807) is 13.2 Å². The van der Waals surface area contributed by atoms with Gasteiger partial charge in [-0.15, -0.1) is 0 Å². The fourth-order valence-corrected chi connectivity index (χ4v) is 2.53. The summed E-state index contributed by atoms with van der Waals surface area (Å²) in [5.74, 6) is 0.153. The summed E-state index contributed by atoms with van der Waals surface area (Å²) < 4.78 is 11.1. The van der Waals surface area contributed by atoms with Crippen molar-refractivity contribution in [3.8, 4) is 23.0 Å². The van der Waals surface area contributed by atoms with E-state index in [2.05, 4.69) is 0 Å². The molecule has 0 saturated heterocycles. The molecule has 5 nitrogen and oxygen atoms in total. The summed E-state index contributed by atoms with van der Waals surface area (Å²) in [5, 5.41) is 19.3. The Morgan fingerprint density at radius 3 is 2.76 bits per heavy atom. The second kappa shape index (κ2) is 5.01. The van der Waals surface area contributed by atoms with E-state index in [1.165, 1.54) is 6.07 Å². The summed E-state index contributed by atoms with van der Waals surface area (Å²) in [5.41, 5.74) is 0.862. The van der Waals surface area contributed by atoms with Gasteiger partial charge < -0.3 is 19.7 Å². The van der Waals surface area contributed by atoms with Gasteiger partial charge in [0.15, 0.2) is 5.78 Å². The SMILES string of the molecule is COc1ccccc1[C@@H]1CC(=O)c2c(O)cc(O)cc2O1. The normalized spacial score (nSPS) is 17.0. The van der Waals surface area contributed by atoms with Crippen LogP contribution in [-0.4, -0.2) is 23.1 Å². The Bertz CT molecular complexity index is 708. The zero-order valence-corrected chi connectivity index (χ0v) is 11.4. The fraction of sp³-hybridized carbons (Fsp3) is 0.188. The van der Waals surface area contributed by atoms with E-state index in [4.69, 9.17) is 9.47 Å². The van der Waals surface area contributed by atoms with E-state index in [0.717, 1.165) is 11.6 Å². The lowest BCUT2D eigenvalue weighted by molar-refractivity contribution is 0.0842. The highest BCUT2D eigenvalue weighted by atomic mass is 16.5. The minimum absolute atomic E-state index is 0.103. The van der Waals surface area contributed by atoms with Gasteiger partial charge in [0.25, 0.3) is 0 Å². The topological polar surface area (TPSA) is 76.0 Å². The van der Waals surface area contributed by atoms with E-state index in [1.807, 2.05) is 18.2 Å². The van der Waals surface area contributed by atoms with E-state index < -0.39 is 6.10 Å². The van der Waals surface area contributed by atoms with Gasteiger partial charge in [-0.25, -0.2) is 0 Å². The number of para-hydroxylation sites is 1. The lowest BCUT2D eigenvalue weighted by atomic mass is 9.95. The summed E-state index contributed by atoms with van der Waals surface area (Å²) in [6, 6.07) is 9.74. The highest BCUT2D eigenvalue weighted by molar-refractivity contribution is 6.02. The number of hydrogen-bond acceptors (Lipinski definition) is 5. The van der Waals surface area contributed by atoms with Gasteiger partial charge >= 0.3 is 0 Å². The van der Waals surface area contributed by atoms with Gasteiger partial charge in [-0.2, -0.15) is 0 Å². The third-order valence-electron chi connectivity index (χ3n) is 3.47. The minimum Gasteiger partial charge on any atom is -0.508 e. The number of methoxy groups -OCH3 is 1. The number of Topliss-reactive ketones (excluding diaryl/α,β-unsaturated/α-hetero) is 1. The Morgan fingerprint density at radius 1 is 1.24 bits per heavy atom. The molecule has 0 spiro atoms. The van der Waals surface area contributed by atoms with Gasteiger partial charge in [0.2, 0.25) is 0 Å². The number of fused-ring (bicyclic) bond motifs is 1. The maximum atomic E-state index is 12.2. The van der Waals surface area contributed by atoms with Crippen LogP contribution < -0.4 is 9.47 Å². The largest absolute Gasteiger partial charge is 0.508 e. The molecule has 2 aromatic carbocycles. The van der Waals surface area contributed by atoms with Crippen LogP contribution in [0.3, 0.4) is 0 Å². The molecule has 2 aromatic rings. The minimum atomic E-state index is -0.512. The van der Waals surface area contributed by atoms with Crippen LogP contribution in [-0.2, 0) is 0 Å². The van der Waals surface area contributed by atoms with Crippen LogP contribution in [0.4, 0.5) is 0 Å². The molecule has 0 fully saturated rings. The van der Waals surface area contributed by atoms with Crippen molar-refractivity contribution < 1.29 is 24.5 Å². The predicted molar refractivity (Wildman–Crippen MR) is 75.1 cm³/mol. The van der Waals surface area contributed by atoms with Crippen molar-refractivity contribution >= 4 is 5.78 Å². The van der Waals surface area contributed by atoms with Gasteiger partial charge in [-0.3, -0.25) is 4.79 Å². The Hall–Kier alpha value is -2.69. The number of phenolic OH excluding ortho intramolecular Hbond substituents is 2. The maximum Gasteiger partial charge on any atom is 0.174 e. The van der Waals surface area contributed by atoms with Crippen LogP contribution in [0.15, 0.2) is 36.4 Å². The number of carbonyl (C=O) groups is 1. The molecule has 2 N–H and O–H groups in total. The highest BCUT2D eigenvalue weighted by Crippen LogP contribution is 2.43. The van der Waals surface area contributed by atoms with Crippen molar-refractivity contribution in [3.05, 3.63) is 47.5 Å². The Kier molecular flexibility index (Phi) is 3.17. The van der Waals surface area contributed by atoms with E-state index in [9.17, 15) is 15.0 Å². The molecule has 0 amide bonds. The first-order chi connectivity index (χ1) is 10.1. The third-order valence-corrected chi connectivity index (χ3v) is 3.47. The molecule has 108 valence electrons. The number of rotatable bonds is 2. The van der Waals surface area contributed by atoms with Gasteiger partial charge in [0, 0.05) is 17.7 Å². The molecular formula is C16H14O5. The molecule has 0 bridgehead atoms. The number of benzene rings is 2. The van der Waals surface area contributed by atoms with Crippen molar-refractivity contribution in [2.24, 2.45) is 0 Å². The van der Waals surface area contributed by atoms with Crippen LogP contribution >= 0.6 is 0 Å². The smallest absolute Gasteiger partial charge is 0.174 e. The second-order valence-electron chi connectivity index (χ2n) is 4.81. The molecule has 0 aromatic heterocycles. The lowest BCUT2D eigenvalue weighted by Gasteiger charge is -2.27. The lowest BCUT2D eigenvalue weighted by Crippen LogP contribution is -2.21. The van der Waals surface area contributed by atoms with Crippen LogP contribution in [0, 0.1) is 0 Å². The van der Waals surface area contributed by atoms with Crippen LogP contribution in [0.5, 0.6) is 23.0 Å². The van der Waals surface area contributed by atoms with Gasteiger partial charge in [0.05, 0.1) is 13.5 Å². The van der Waals surface area contributed by atoms with Crippen molar-refractivity contribution in [1.82, 2.24) is 0 Å². The maximum absolute atomic E-state index is 12.2. The summed E-state index contributed by atoms with van der Waals surface area (Å²) in [6.45, 7) is 0. The van der Waals surface area contributed by atoms with Gasteiger partial charge in [-0.05, 0) is 6.07 Å². The molecule has 1 heterocycles. The summed E-state index contributed by atoms with van der Waals surface area (Å²) >= 11 is 0. The summed E-state index contributed by atoms with van der Waals surface area (Å²) in [6.07, 6.45) is -0.409. The van der Waals surface area contributed by atoms with E-state index in [0.29, 0.717) is 5.75 Å². The molecule has 1 aliphatic rings. The highest BCUT2D eigenvalue weighted by Gasteiger charge is 2.32. The number of phenols is 2. The molecule has 3 rings (SSSR count). The quantitative estimate of drug-likeness (QED) is 0.887. The second-order valence-corrected chi connectivity index (χ2v) is 4.81. The monoisotopic (exact) mass is 286 g/mol. The van der Waals surface area contributed by atoms with Crippen molar-refractivity contribution in [3.63, 3.8) is 0 Å². The zero-order chi connectivity index (χ0) is 15.0. The molecule has 0 radical (unpaired) electrons. The van der Waals surface area contributed by atoms with E-state index in [-0.39, 0.29) is 35.0 Å². The van der Waals surface area contributed by atoms with Gasteiger partial charge in [0.1, 0.15) is 34.7 Å². The number of carbonyl (C=O) groups excluding carboxylic acids is 1. The molecule has 0 saturated carbocycles. The average Bonchev–Trinajstić information content (AvgIpc) is 2.45. The Labute approximate surface area is 121 Å². The van der Waals surface area contributed by atoms with Gasteiger partial charge in [-0.1, -0.05) is 18.2 Å². The molecule has 21 heavy (non-hydrogen) atoms. The molecule has 1 aliphatic heterocycles. The van der Waals surface area contributed by atoms with Crippen molar-refractivity contribution in [2.45, 2.75) is 12.5 Å². The molecule has 0 unspecified atom stereocenters. The van der Waals surface area contributed by atoms with E-state index >= 15 is 0 Å². The standard InChI is InChI=1S/C16H14O5/c1-20-13-5-3-2-4-10(13)14-8-12(19)16-11(18)6-9(17)7-15(16)21-14/h2-7,14,17-18H,8H2,1H3/t14-/m0/s1. The Morgan fingerprint density at radius 2 is 2.00 bits per heavy atom. The third kappa shape index (κ3) is 2.27. The van der Waals surface area contributed by atoms with Crippen molar-refractivity contribution in [2.75, 3.05) is 7.11 Å². The predicted octanol–water partition coefficient (Wildman–Crippen LogP) is 2.81. The zero-order valence-electron chi connectivity index (χ0n) is 11.4. The molecular weight excluding hydrogens is 272 g/mol. The van der Waals surface area contributed by atoms with Crippen LogP contribution in [0.25, 0.3) is 0 Å². The average molecular weight is 286 g/mol. The molecule has 5 heteroatoms. The number of hydrogen-bond donors (Lipinski definition) is 2. The first kappa shape index (κ1) is 13.3. The Balaban J connectivity index is 2.04. The van der Waals surface area contributed by atoms with Crippen molar-refractivity contribution in [1.29, 1.82) is 0 Å². The first-order valence-electron chi connectivity index (χ1n) is 6.49. The first-order valence-corrected chi connectivity index (χ1v) is 6.49. The van der Waals surface area contributed by atoms with Crippen LogP contribution in [0.1, 0.15) is 28.4 Å². The molecule has 1 atom stereocenters. The molecule has 0 aliphatic carbocycles.